The number of carbonyl (C=O) groups is 3. The molecule has 1 atom stereocenters. The van der Waals surface area contributed by atoms with E-state index in [1.54, 1.807) is 24.3 Å². The first-order chi connectivity index (χ1) is 18.0. The molecule has 1 saturated heterocycles. The molecule has 38 heavy (non-hydrogen) atoms. The average Bonchev–Trinajstić information content (AvgIpc) is 3.18. The molecule has 8 nitrogen and oxygen atoms in total. The monoisotopic (exact) mass is 533 g/mol. The predicted molar refractivity (Wildman–Crippen MR) is 145 cm³/mol. The number of carbonyl (C=O) groups excluding carboxylic acids is 3. The molecule has 1 aliphatic heterocycles. The zero-order chi connectivity index (χ0) is 27.4. The molecule has 198 valence electrons. The fourth-order valence-corrected chi connectivity index (χ4v) is 5.08. The molecule has 1 heterocycles. The van der Waals surface area contributed by atoms with Gasteiger partial charge >= 0.3 is 0 Å². The van der Waals surface area contributed by atoms with Crippen LogP contribution in [0.5, 0.6) is 0 Å². The van der Waals surface area contributed by atoms with Crippen LogP contribution in [-0.2, 0) is 37.2 Å². The van der Waals surface area contributed by atoms with Gasteiger partial charge in [0.15, 0.2) is 0 Å². The summed E-state index contributed by atoms with van der Waals surface area (Å²) in [6.45, 7) is 4.32. The van der Waals surface area contributed by atoms with Crippen molar-refractivity contribution < 1.29 is 22.8 Å². The van der Waals surface area contributed by atoms with Gasteiger partial charge in [-0.1, -0.05) is 68.4 Å². The topological polar surface area (TPSA) is 118 Å². The van der Waals surface area contributed by atoms with Crippen molar-refractivity contribution in [1.82, 2.24) is 4.90 Å². The Hall–Kier alpha value is -3.82. The van der Waals surface area contributed by atoms with Crippen molar-refractivity contribution >= 4 is 33.4 Å². The van der Waals surface area contributed by atoms with Crippen molar-refractivity contribution in [3.05, 3.63) is 95.6 Å². The summed E-state index contributed by atoms with van der Waals surface area (Å²) in [7, 11) is -3.82. The second-order valence-corrected chi connectivity index (χ2v) is 11.3. The number of hydrogen-bond acceptors (Lipinski definition) is 5. The number of nitrogens with zero attached hydrogens (tertiary/aromatic N) is 2. The van der Waals surface area contributed by atoms with E-state index in [1.807, 2.05) is 42.5 Å². The van der Waals surface area contributed by atoms with E-state index >= 15 is 0 Å². The Morgan fingerprint density at radius 3 is 2.16 bits per heavy atom. The summed E-state index contributed by atoms with van der Waals surface area (Å²) in [5, 5.41) is 5.18. The highest BCUT2D eigenvalue weighted by Gasteiger charge is 2.44. The lowest BCUT2D eigenvalue weighted by Crippen LogP contribution is -2.47. The Balaban J connectivity index is 1.57. The van der Waals surface area contributed by atoms with Gasteiger partial charge in [0.2, 0.25) is 21.8 Å². The summed E-state index contributed by atoms with van der Waals surface area (Å²) in [5.41, 5.74) is 3.16. The van der Waals surface area contributed by atoms with E-state index in [2.05, 4.69) is 13.8 Å². The molecule has 1 aliphatic rings. The second kappa shape index (κ2) is 11.3. The zero-order valence-corrected chi connectivity index (χ0v) is 22.2. The third-order valence-electron chi connectivity index (χ3n) is 6.73. The summed E-state index contributed by atoms with van der Waals surface area (Å²) >= 11 is 0. The molecule has 0 aromatic heterocycles. The Morgan fingerprint density at radius 1 is 0.947 bits per heavy atom. The maximum Gasteiger partial charge on any atom is 0.257 e. The van der Waals surface area contributed by atoms with Crippen LogP contribution in [-0.4, -0.2) is 43.6 Å². The van der Waals surface area contributed by atoms with Crippen LogP contribution >= 0.6 is 0 Å². The molecule has 3 aromatic rings. The SMILES string of the molecule is CC(C)c1ccc(N2C(=O)CC(N(CCc3ccc(S(N)(=O)=O)cc3)C(=O)Cc3ccccc3)C2=O)cc1. The fraction of sp³-hybridized carbons (Fsp3) is 0.276. The van der Waals surface area contributed by atoms with E-state index < -0.39 is 22.0 Å². The van der Waals surface area contributed by atoms with Gasteiger partial charge in [-0.3, -0.25) is 14.4 Å². The molecule has 4 rings (SSSR count). The van der Waals surface area contributed by atoms with Gasteiger partial charge in [0.1, 0.15) is 6.04 Å². The Morgan fingerprint density at radius 2 is 1.58 bits per heavy atom. The third kappa shape index (κ3) is 6.17. The lowest BCUT2D eigenvalue weighted by atomic mass is 10.0. The second-order valence-electron chi connectivity index (χ2n) is 9.72. The molecule has 1 fully saturated rings. The van der Waals surface area contributed by atoms with Crippen LogP contribution < -0.4 is 10.0 Å². The first-order valence-corrected chi connectivity index (χ1v) is 14.0. The smallest absolute Gasteiger partial charge is 0.257 e. The van der Waals surface area contributed by atoms with Crippen molar-refractivity contribution in [3.63, 3.8) is 0 Å². The van der Waals surface area contributed by atoms with Gasteiger partial charge in [0.25, 0.3) is 5.91 Å². The Labute approximate surface area is 223 Å². The third-order valence-corrected chi connectivity index (χ3v) is 7.66. The van der Waals surface area contributed by atoms with E-state index in [-0.39, 0.29) is 36.1 Å². The quantitative estimate of drug-likeness (QED) is 0.423. The summed E-state index contributed by atoms with van der Waals surface area (Å²) in [6.07, 6.45) is 0.356. The minimum absolute atomic E-state index is 0.00560. The highest BCUT2D eigenvalue weighted by atomic mass is 32.2. The Bertz CT molecular complexity index is 1420. The Kier molecular flexibility index (Phi) is 8.08. The number of benzene rings is 3. The number of rotatable bonds is 9. The summed E-state index contributed by atoms with van der Waals surface area (Å²) in [5.74, 6) is -0.738. The molecule has 1 unspecified atom stereocenters. The minimum Gasteiger partial charge on any atom is -0.329 e. The lowest BCUT2D eigenvalue weighted by Gasteiger charge is -2.28. The van der Waals surface area contributed by atoms with Crippen LogP contribution in [0.2, 0.25) is 0 Å². The van der Waals surface area contributed by atoms with Crippen LogP contribution in [0.4, 0.5) is 5.69 Å². The minimum atomic E-state index is -3.82. The molecule has 2 N–H and O–H groups in total. The van der Waals surface area contributed by atoms with E-state index in [4.69, 9.17) is 5.14 Å². The van der Waals surface area contributed by atoms with Crippen molar-refractivity contribution in [2.24, 2.45) is 5.14 Å². The predicted octanol–water partition coefficient (Wildman–Crippen LogP) is 3.40. The molecule has 0 saturated carbocycles. The van der Waals surface area contributed by atoms with Crippen LogP contribution in [0.1, 0.15) is 42.9 Å². The van der Waals surface area contributed by atoms with E-state index in [9.17, 15) is 22.8 Å². The average molecular weight is 534 g/mol. The molecule has 3 aromatic carbocycles. The fourth-order valence-electron chi connectivity index (χ4n) is 4.56. The maximum absolute atomic E-state index is 13.5. The van der Waals surface area contributed by atoms with Crippen molar-refractivity contribution in [2.75, 3.05) is 11.4 Å². The highest BCUT2D eigenvalue weighted by molar-refractivity contribution is 7.89. The number of hydrogen-bond donors (Lipinski definition) is 1. The summed E-state index contributed by atoms with van der Waals surface area (Å²) in [4.78, 5) is 42.6. The van der Waals surface area contributed by atoms with Crippen molar-refractivity contribution in [3.8, 4) is 0 Å². The van der Waals surface area contributed by atoms with Crippen LogP contribution in [0.15, 0.2) is 83.8 Å². The van der Waals surface area contributed by atoms with Crippen LogP contribution in [0, 0.1) is 0 Å². The largest absolute Gasteiger partial charge is 0.329 e. The molecule has 3 amide bonds. The molecule has 0 spiro atoms. The van der Waals surface area contributed by atoms with E-state index in [1.165, 1.54) is 21.9 Å². The van der Waals surface area contributed by atoms with Gasteiger partial charge in [-0.05, 0) is 53.3 Å². The molecule has 9 heteroatoms. The van der Waals surface area contributed by atoms with Crippen molar-refractivity contribution in [2.45, 2.75) is 50.0 Å². The lowest BCUT2D eigenvalue weighted by molar-refractivity contribution is -0.137. The first kappa shape index (κ1) is 27.2. The summed E-state index contributed by atoms with van der Waals surface area (Å²) in [6, 6.07) is 21.7. The first-order valence-electron chi connectivity index (χ1n) is 12.5. The number of amides is 3. The normalized spacial score (nSPS) is 15.8. The number of nitrogens with two attached hydrogens (primary N) is 1. The van der Waals surface area contributed by atoms with Crippen LogP contribution in [0.3, 0.4) is 0 Å². The molecule has 0 aliphatic carbocycles. The molecule has 0 radical (unpaired) electrons. The molecular weight excluding hydrogens is 502 g/mol. The number of primary sulfonamides is 1. The van der Waals surface area contributed by atoms with Gasteiger partial charge in [-0.15, -0.1) is 0 Å². The van der Waals surface area contributed by atoms with Gasteiger partial charge in [0, 0.05) is 6.54 Å². The van der Waals surface area contributed by atoms with E-state index in [0.29, 0.717) is 18.0 Å². The standard InChI is InChI=1S/C29H31N3O5S/c1-20(2)23-10-12-24(13-11-23)32-28(34)19-26(29(32)35)31(27(33)18-22-6-4-3-5-7-22)17-16-21-8-14-25(15-9-21)38(30,36)37/h3-15,20,26H,16-19H2,1-2H3,(H2,30,36,37). The maximum atomic E-state index is 13.5. The highest BCUT2D eigenvalue weighted by Crippen LogP contribution is 2.28. The number of sulfonamides is 1. The van der Waals surface area contributed by atoms with Gasteiger partial charge in [-0.2, -0.15) is 0 Å². The van der Waals surface area contributed by atoms with Crippen molar-refractivity contribution in [1.29, 1.82) is 0 Å². The van der Waals surface area contributed by atoms with Gasteiger partial charge in [-0.25, -0.2) is 18.5 Å². The number of imide groups is 1. The van der Waals surface area contributed by atoms with Gasteiger partial charge < -0.3 is 4.90 Å². The van der Waals surface area contributed by atoms with Gasteiger partial charge in [0.05, 0.1) is 23.4 Å². The van der Waals surface area contributed by atoms with E-state index in [0.717, 1.165) is 16.7 Å². The molecular formula is C29H31N3O5S. The molecule has 0 bridgehead atoms. The van der Waals surface area contributed by atoms with Crippen LogP contribution in [0.25, 0.3) is 0 Å². The number of anilines is 1. The summed E-state index contributed by atoms with van der Waals surface area (Å²) < 4.78 is 23.1. The zero-order valence-electron chi connectivity index (χ0n) is 21.4.